The molecule has 4 heteroatoms. The summed E-state index contributed by atoms with van der Waals surface area (Å²) in [4.78, 5) is 11.9. The van der Waals surface area contributed by atoms with Crippen LogP contribution in [0.3, 0.4) is 0 Å². The number of aryl methyl sites for hydroxylation is 1. The Kier molecular flexibility index (Phi) is 5.57. The number of amides is 1. The summed E-state index contributed by atoms with van der Waals surface area (Å²) in [5.41, 5.74) is 8.55. The van der Waals surface area contributed by atoms with Gasteiger partial charge in [-0.3, -0.25) is 4.79 Å². The van der Waals surface area contributed by atoms with Crippen LogP contribution in [0.2, 0.25) is 0 Å². The minimum atomic E-state index is -0.0285. The molecule has 1 aromatic carbocycles. The van der Waals surface area contributed by atoms with Crippen LogP contribution in [-0.2, 0) is 16.6 Å². The molecule has 0 aromatic heterocycles. The zero-order valence-electron chi connectivity index (χ0n) is 13.2. The lowest BCUT2D eigenvalue weighted by molar-refractivity contribution is -0.120. The van der Waals surface area contributed by atoms with Crippen molar-refractivity contribution in [1.82, 2.24) is 5.32 Å². The summed E-state index contributed by atoms with van der Waals surface area (Å²) in [5, 5.41) is 2.79. The number of rotatable bonds is 5. The lowest BCUT2D eigenvalue weighted by Gasteiger charge is -2.24. The normalized spacial score (nSPS) is 11.3. The predicted octanol–water partition coefficient (Wildman–Crippen LogP) is 1.92. The predicted molar refractivity (Wildman–Crippen MR) is 82.2 cm³/mol. The second kappa shape index (κ2) is 6.75. The van der Waals surface area contributed by atoms with Crippen molar-refractivity contribution < 1.29 is 9.53 Å². The molecule has 0 heterocycles. The zero-order valence-corrected chi connectivity index (χ0v) is 13.2. The third-order valence-electron chi connectivity index (χ3n) is 3.14. The fourth-order valence-electron chi connectivity index (χ4n) is 2.22. The molecule has 1 amide bonds. The van der Waals surface area contributed by atoms with Crippen molar-refractivity contribution in [3.63, 3.8) is 0 Å². The molecule has 0 unspecified atom stereocenters. The molecule has 0 bridgehead atoms. The molecule has 0 spiro atoms. The Bertz CT molecular complexity index is 476. The minimum absolute atomic E-state index is 0.0279. The van der Waals surface area contributed by atoms with Gasteiger partial charge in [-0.05, 0) is 12.3 Å². The highest BCUT2D eigenvalue weighted by atomic mass is 16.5. The molecule has 0 saturated heterocycles. The average molecular weight is 278 g/mol. The van der Waals surface area contributed by atoms with Gasteiger partial charge in [0.05, 0.1) is 13.5 Å². The third kappa shape index (κ3) is 4.23. The number of nitrogens with one attached hydrogen (secondary N) is 1. The molecule has 112 valence electrons. The standard InChI is InChI=1S/C16H26N2O2/c1-11-8-12(10-14(19)18-7-6-17)15(20-5)13(9-11)16(2,3)4/h8-9H,6-7,10,17H2,1-5H3,(H,18,19). The fourth-order valence-corrected chi connectivity index (χ4v) is 2.22. The molecule has 0 saturated carbocycles. The summed E-state index contributed by atoms with van der Waals surface area (Å²) >= 11 is 0. The summed E-state index contributed by atoms with van der Waals surface area (Å²) in [6.07, 6.45) is 0.313. The highest BCUT2D eigenvalue weighted by Crippen LogP contribution is 2.35. The van der Waals surface area contributed by atoms with Crippen LogP contribution in [0.4, 0.5) is 0 Å². The fraction of sp³-hybridized carbons (Fsp3) is 0.562. The molecular formula is C16H26N2O2. The number of nitrogens with two attached hydrogens (primary N) is 1. The van der Waals surface area contributed by atoms with Crippen molar-refractivity contribution in [3.05, 3.63) is 28.8 Å². The highest BCUT2D eigenvalue weighted by molar-refractivity contribution is 5.79. The minimum Gasteiger partial charge on any atom is -0.496 e. The molecule has 0 atom stereocenters. The first-order valence-corrected chi connectivity index (χ1v) is 6.94. The van der Waals surface area contributed by atoms with Crippen LogP contribution in [0.25, 0.3) is 0 Å². The van der Waals surface area contributed by atoms with E-state index in [2.05, 4.69) is 32.2 Å². The molecule has 0 aliphatic carbocycles. The average Bonchev–Trinajstić information content (AvgIpc) is 2.34. The van der Waals surface area contributed by atoms with Gasteiger partial charge in [0.25, 0.3) is 0 Å². The molecule has 3 N–H and O–H groups in total. The van der Waals surface area contributed by atoms with Crippen molar-refractivity contribution in [2.24, 2.45) is 5.73 Å². The monoisotopic (exact) mass is 278 g/mol. The first-order chi connectivity index (χ1) is 9.29. The molecule has 4 nitrogen and oxygen atoms in total. The maximum Gasteiger partial charge on any atom is 0.224 e. The van der Waals surface area contributed by atoms with E-state index < -0.39 is 0 Å². The first kappa shape index (κ1) is 16.5. The first-order valence-electron chi connectivity index (χ1n) is 6.94. The van der Waals surface area contributed by atoms with Crippen LogP contribution in [0.15, 0.2) is 12.1 Å². The van der Waals surface area contributed by atoms with E-state index in [-0.39, 0.29) is 11.3 Å². The second-order valence-electron chi connectivity index (χ2n) is 6.07. The SMILES string of the molecule is COc1c(CC(=O)NCCN)cc(C)cc1C(C)(C)C. The van der Waals surface area contributed by atoms with Gasteiger partial charge in [-0.15, -0.1) is 0 Å². The van der Waals surface area contributed by atoms with Gasteiger partial charge in [-0.1, -0.05) is 38.5 Å². The molecule has 0 aliphatic heterocycles. The molecule has 0 fully saturated rings. The van der Waals surface area contributed by atoms with E-state index in [4.69, 9.17) is 10.5 Å². The summed E-state index contributed by atoms with van der Waals surface area (Å²) in [7, 11) is 1.65. The Morgan fingerprint density at radius 2 is 2.00 bits per heavy atom. The number of ether oxygens (including phenoxy) is 1. The van der Waals surface area contributed by atoms with E-state index >= 15 is 0 Å². The zero-order chi connectivity index (χ0) is 15.3. The quantitative estimate of drug-likeness (QED) is 0.865. The summed E-state index contributed by atoms with van der Waals surface area (Å²) < 4.78 is 5.56. The third-order valence-corrected chi connectivity index (χ3v) is 3.14. The van der Waals surface area contributed by atoms with E-state index in [0.29, 0.717) is 19.5 Å². The van der Waals surface area contributed by atoms with Crippen molar-refractivity contribution in [2.45, 2.75) is 39.5 Å². The Labute approximate surface area is 121 Å². The van der Waals surface area contributed by atoms with Crippen LogP contribution in [0.5, 0.6) is 5.75 Å². The molecule has 20 heavy (non-hydrogen) atoms. The number of methoxy groups -OCH3 is 1. The molecule has 1 rings (SSSR count). The van der Waals surface area contributed by atoms with E-state index in [0.717, 1.165) is 22.4 Å². The van der Waals surface area contributed by atoms with Crippen molar-refractivity contribution in [2.75, 3.05) is 20.2 Å². The van der Waals surface area contributed by atoms with E-state index in [1.165, 1.54) is 0 Å². The van der Waals surface area contributed by atoms with Crippen LogP contribution in [0.1, 0.15) is 37.5 Å². The van der Waals surface area contributed by atoms with Gasteiger partial charge in [0.15, 0.2) is 0 Å². The molecule has 0 aliphatic rings. The Balaban J connectivity index is 3.13. The van der Waals surface area contributed by atoms with Crippen LogP contribution in [-0.4, -0.2) is 26.1 Å². The number of hydrogen-bond acceptors (Lipinski definition) is 3. The van der Waals surface area contributed by atoms with Gasteiger partial charge < -0.3 is 15.8 Å². The van der Waals surface area contributed by atoms with Crippen molar-refractivity contribution in [3.8, 4) is 5.75 Å². The maximum atomic E-state index is 11.9. The van der Waals surface area contributed by atoms with Crippen LogP contribution in [0, 0.1) is 6.92 Å². The smallest absolute Gasteiger partial charge is 0.224 e. The largest absolute Gasteiger partial charge is 0.496 e. The lowest BCUT2D eigenvalue weighted by atomic mass is 9.83. The summed E-state index contributed by atoms with van der Waals surface area (Å²) in [6.45, 7) is 9.41. The molecular weight excluding hydrogens is 252 g/mol. The van der Waals surface area contributed by atoms with Crippen LogP contribution >= 0.6 is 0 Å². The van der Waals surface area contributed by atoms with E-state index in [1.807, 2.05) is 13.0 Å². The van der Waals surface area contributed by atoms with Crippen LogP contribution < -0.4 is 15.8 Å². The van der Waals surface area contributed by atoms with E-state index in [9.17, 15) is 4.79 Å². The van der Waals surface area contributed by atoms with Crippen molar-refractivity contribution in [1.29, 1.82) is 0 Å². The Morgan fingerprint density at radius 3 is 2.50 bits per heavy atom. The Hall–Kier alpha value is -1.55. The van der Waals surface area contributed by atoms with Gasteiger partial charge in [0.1, 0.15) is 5.75 Å². The van der Waals surface area contributed by atoms with Gasteiger partial charge >= 0.3 is 0 Å². The summed E-state index contributed by atoms with van der Waals surface area (Å²) in [5.74, 6) is 0.783. The lowest BCUT2D eigenvalue weighted by Crippen LogP contribution is -2.30. The van der Waals surface area contributed by atoms with Gasteiger partial charge in [0, 0.05) is 24.2 Å². The summed E-state index contributed by atoms with van der Waals surface area (Å²) in [6, 6.07) is 4.14. The maximum absolute atomic E-state index is 11.9. The number of benzene rings is 1. The molecule has 1 aromatic rings. The number of hydrogen-bond donors (Lipinski definition) is 2. The number of carbonyl (C=O) groups excluding carboxylic acids is 1. The van der Waals surface area contributed by atoms with E-state index in [1.54, 1.807) is 7.11 Å². The van der Waals surface area contributed by atoms with Gasteiger partial charge in [0.2, 0.25) is 5.91 Å². The highest BCUT2D eigenvalue weighted by Gasteiger charge is 2.22. The van der Waals surface area contributed by atoms with Gasteiger partial charge in [-0.25, -0.2) is 0 Å². The Morgan fingerprint density at radius 1 is 1.35 bits per heavy atom. The number of carbonyl (C=O) groups is 1. The van der Waals surface area contributed by atoms with Crippen molar-refractivity contribution >= 4 is 5.91 Å². The molecule has 0 radical (unpaired) electrons. The second-order valence-corrected chi connectivity index (χ2v) is 6.07. The topological polar surface area (TPSA) is 64.3 Å². The van der Waals surface area contributed by atoms with Gasteiger partial charge in [-0.2, -0.15) is 0 Å².